The Hall–Kier alpha value is -2.12. The number of rotatable bonds is 5. The van der Waals surface area contributed by atoms with E-state index in [2.05, 4.69) is 10.2 Å². The molecule has 1 aromatic rings. The van der Waals surface area contributed by atoms with Crippen molar-refractivity contribution in [1.82, 2.24) is 15.1 Å². The smallest absolute Gasteiger partial charge is 0.415 e. The Morgan fingerprint density at radius 1 is 1.22 bits per heavy atom. The van der Waals surface area contributed by atoms with E-state index in [0.717, 1.165) is 18.7 Å². The summed E-state index contributed by atoms with van der Waals surface area (Å²) in [5.41, 5.74) is 0.867. The van der Waals surface area contributed by atoms with Crippen LogP contribution in [0.3, 0.4) is 0 Å². The van der Waals surface area contributed by atoms with Crippen molar-refractivity contribution in [3.8, 4) is 5.75 Å². The van der Waals surface area contributed by atoms with Crippen LogP contribution in [0.25, 0.3) is 0 Å². The number of nitrogens with zero attached hydrogens (tertiary/aromatic N) is 2. The number of benzene rings is 1. The monoisotopic (exact) mass is 321 g/mol. The third kappa shape index (κ3) is 4.94. The molecule has 1 atom stereocenters. The quantitative estimate of drug-likeness (QED) is 0.828. The summed E-state index contributed by atoms with van der Waals surface area (Å²) in [5.74, 6) is -0.424. The van der Waals surface area contributed by atoms with Crippen molar-refractivity contribution in [1.29, 1.82) is 0 Å². The lowest BCUT2D eigenvalue weighted by molar-refractivity contribution is -0.139. The second kappa shape index (κ2) is 7.94. The van der Waals surface area contributed by atoms with Crippen LogP contribution in [0.4, 0.5) is 4.79 Å². The predicted molar refractivity (Wildman–Crippen MR) is 85.7 cm³/mol. The second-order valence-electron chi connectivity index (χ2n) is 5.69. The Morgan fingerprint density at radius 2 is 1.83 bits per heavy atom. The zero-order chi connectivity index (χ0) is 16.8. The summed E-state index contributed by atoms with van der Waals surface area (Å²) in [6.07, 6.45) is 0.0305. The van der Waals surface area contributed by atoms with Gasteiger partial charge in [-0.1, -0.05) is 12.1 Å². The van der Waals surface area contributed by atoms with Crippen molar-refractivity contribution in [2.75, 3.05) is 40.3 Å². The molecule has 1 aliphatic rings. The summed E-state index contributed by atoms with van der Waals surface area (Å²) < 4.78 is 5.36. The van der Waals surface area contributed by atoms with Crippen LogP contribution in [0.5, 0.6) is 5.75 Å². The number of aliphatic carboxylic acids is 1. The highest BCUT2D eigenvalue weighted by Crippen LogP contribution is 2.15. The van der Waals surface area contributed by atoms with Gasteiger partial charge in [-0.25, -0.2) is 4.79 Å². The van der Waals surface area contributed by atoms with E-state index in [4.69, 9.17) is 9.84 Å². The Balaban J connectivity index is 1.89. The van der Waals surface area contributed by atoms with Gasteiger partial charge in [0.05, 0.1) is 0 Å². The number of hydrogen-bond acceptors (Lipinski definition) is 5. The molecular weight excluding hydrogens is 298 g/mol. The lowest BCUT2D eigenvalue weighted by Gasteiger charge is -2.31. The van der Waals surface area contributed by atoms with E-state index < -0.39 is 12.0 Å². The minimum absolute atomic E-state index is 0.343. The molecule has 0 radical (unpaired) electrons. The number of amides is 1. The van der Waals surface area contributed by atoms with Crippen molar-refractivity contribution >= 4 is 12.1 Å². The molecule has 1 aromatic carbocycles. The standard InChI is InChI=1S/C16H23N3O4/c1-17-14(15(20)21)11-12-3-5-13(6-4-12)23-16(22)19-9-7-18(2)8-10-19/h3-6,14,17H,7-11H2,1-2H3,(H,20,21)/t14-/m0/s1. The zero-order valence-corrected chi connectivity index (χ0v) is 13.5. The minimum atomic E-state index is -0.891. The number of carbonyl (C=O) groups is 2. The summed E-state index contributed by atoms with van der Waals surface area (Å²) in [7, 11) is 3.64. The number of carbonyl (C=O) groups excluding carboxylic acids is 1. The van der Waals surface area contributed by atoms with Crippen LogP contribution in [0, 0.1) is 0 Å². The van der Waals surface area contributed by atoms with Gasteiger partial charge in [-0.3, -0.25) is 4.79 Å². The molecule has 0 saturated carbocycles. The van der Waals surface area contributed by atoms with Gasteiger partial charge in [0, 0.05) is 26.2 Å². The van der Waals surface area contributed by atoms with E-state index in [-0.39, 0.29) is 6.09 Å². The maximum atomic E-state index is 12.1. The summed E-state index contributed by atoms with van der Waals surface area (Å²) in [6.45, 7) is 3.01. The Labute approximate surface area is 135 Å². The van der Waals surface area contributed by atoms with Gasteiger partial charge in [0.25, 0.3) is 0 Å². The van der Waals surface area contributed by atoms with E-state index in [9.17, 15) is 9.59 Å². The van der Waals surface area contributed by atoms with Crippen LogP contribution >= 0.6 is 0 Å². The highest BCUT2D eigenvalue weighted by molar-refractivity contribution is 5.74. The largest absolute Gasteiger partial charge is 0.480 e. The van der Waals surface area contributed by atoms with Gasteiger partial charge in [-0.15, -0.1) is 0 Å². The Bertz CT molecular complexity index is 539. The normalized spacial score (nSPS) is 16.9. The Morgan fingerprint density at radius 3 is 2.35 bits per heavy atom. The number of nitrogens with one attached hydrogen (secondary N) is 1. The van der Waals surface area contributed by atoms with Crippen molar-refractivity contribution in [3.05, 3.63) is 29.8 Å². The molecule has 2 N–H and O–H groups in total. The average Bonchev–Trinajstić information content (AvgIpc) is 2.54. The van der Waals surface area contributed by atoms with E-state index in [1.165, 1.54) is 0 Å². The zero-order valence-electron chi connectivity index (χ0n) is 13.5. The molecule has 0 unspecified atom stereocenters. The molecule has 0 spiro atoms. The first-order chi connectivity index (χ1) is 11.0. The molecule has 0 bridgehead atoms. The lowest BCUT2D eigenvalue weighted by Crippen LogP contribution is -2.48. The molecule has 7 heteroatoms. The third-order valence-electron chi connectivity index (χ3n) is 3.98. The Kier molecular flexibility index (Phi) is 5.95. The van der Waals surface area contributed by atoms with Crippen LogP contribution < -0.4 is 10.1 Å². The molecule has 1 amide bonds. The van der Waals surface area contributed by atoms with Gasteiger partial charge in [-0.05, 0) is 38.2 Å². The van der Waals surface area contributed by atoms with Gasteiger partial charge < -0.3 is 25.0 Å². The van der Waals surface area contributed by atoms with E-state index in [1.807, 2.05) is 7.05 Å². The molecule has 7 nitrogen and oxygen atoms in total. The number of likely N-dealkylation sites (N-methyl/N-ethyl adjacent to an activating group) is 2. The number of carboxylic acid groups (broad SMARTS) is 1. The summed E-state index contributed by atoms with van der Waals surface area (Å²) in [5, 5.41) is 11.8. The van der Waals surface area contributed by atoms with E-state index in [1.54, 1.807) is 36.2 Å². The minimum Gasteiger partial charge on any atom is -0.480 e. The molecule has 1 saturated heterocycles. The highest BCUT2D eigenvalue weighted by atomic mass is 16.6. The number of piperazine rings is 1. The van der Waals surface area contributed by atoms with Gasteiger partial charge in [0.2, 0.25) is 0 Å². The fourth-order valence-electron chi connectivity index (χ4n) is 2.40. The van der Waals surface area contributed by atoms with Gasteiger partial charge in [-0.2, -0.15) is 0 Å². The first-order valence-corrected chi connectivity index (χ1v) is 7.64. The van der Waals surface area contributed by atoms with Crippen LogP contribution in [0.1, 0.15) is 5.56 Å². The first kappa shape index (κ1) is 17.2. The van der Waals surface area contributed by atoms with Gasteiger partial charge in [0.1, 0.15) is 11.8 Å². The van der Waals surface area contributed by atoms with E-state index in [0.29, 0.717) is 25.3 Å². The van der Waals surface area contributed by atoms with E-state index >= 15 is 0 Å². The maximum absolute atomic E-state index is 12.1. The summed E-state index contributed by atoms with van der Waals surface area (Å²) in [6, 6.07) is 6.31. The summed E-state index contributed by atoms with van der Waals surface area (Å²) >= 11 is 0. The fraction of sp³-hybridized carbons (Fsp3) is 0.500. The number of hydrogen-bond donors (Lipinski definition) is 2. The maximum Gasteiger partial charge on any atom is 0.415 e. The molecule has 0 aromatic heterocycles. The number of carboxylic acids is 1. The van der Waals surface area contributed by atoms with Crippen LogP contribution in [0.15, 0.2) is 24.3 Å². The van der Waals surface area contributed by atoms with Gasteiger partial charge in [0.15, 0.2) is 0 Å². The SMILES string of the molecule is CN[C@@H](Cc1ccc(OC(=O)N2CCN(C)CC2)cc1)C(=O)O. The lowest BCUT2D eigenvalue weighted by atomic mass is 10.1. The molecule has 1 fully saturated rings. The van der Waals surface area contributed by atoms with Crippen molar-refractivity contribution in [2.45, 2.75) is 12.5 Å². The molecule has 126 valence electrons. The molecule has 1 heterocycles. The second-order valence-corrected chi connectivity index (χ2v) is 5.69. The first-order valence-electron chi connectivity index (χ1n) is 7.64. The van der Waals surface area contributed by atoms with Crippen LogP contribution in [-0.4, -0.2) is 73.3 Å². The molecule has 23 heavy (non-hydrogen) atoms. The average molecular weight is 321 g/mol. The van der Waals surface area contributed by atoms with Crippen molar-refractivity contribution < 1.29 is 19.4 Å². The van der Waals surface area contributed by atoms with Gasteiger partial charge >= 0.3 is 12.1 Å². The molecule has 2 rings (SSSR count). The van der Waals surface area contributed by atoms with Crippen LogP contribution in [-0.2, 0) is 11.2 Å². The fourth-order valence-corrected chi connectivity index (χ4v) is 2.40. The highest BCUT2D eigenvalue weighted by Gasteiger charge is 2.21. The van der Waals surface area contributed by atoms with Crippen molar-refractivity contribution in [3.63, 3.8) is 0 Å². The molecule has 0 aliphatic carbocycles. The summed E-state index contributed by atoms with van der Waals surface area (Å²) in [4.78, 5) is 26.9. The number of ether oxygens (including phenoxy) is 1. The molecular formula is C16H23N3O4. The third-order valence-corrected chi connectivity index (χ3v) is 3.98. The predicted octanol–water partition coefficient (Wildman–Crippen LogP) is 0.648. The van der Waals surface area contributed by atoms with Crippen LogP contribution in [0.2, 0.25) is 0 Å². The molecule has 1 aliphatic heterocycles. The topological polar surface area (TPSA) is 82.1 Å². The van der Waals surface area contributed by atoms with Crippen molar-refractivity contribution in [2.24, 2.45) is 0 Å².